The van der Waals surface area contributed by atoms with E-state index in [9.17, 15) is 9.59 Å². The molecule has 1 N–H and O–H groups in total. The number of hydrogen-bond donors (Lipinski definition) is 1. The third-order valence-electron chi connectivity index (χ3n) is 2.73. The van der Waals surface area contributed by atoms with Crippen LogP contribution in [0.15, 0.2) is 10.5 Å². The molecule has 0 aliphatic carbocycles. The number of hydrogen-bond acceptors (Lipinski definition) is 3. The Morgan fingerprint density at radius 2 is 2.31 bits per heavy atom. The lowest BCUT2D eigenvalue weighted by atomic mass is 10.1. The van der Waals surface area contributed by atoms with Gasteiger partial charge in [0.25, 0.3) is 0 Å². The third kappa shape index (κ3) is 1.80. The molecule has 1 aliphatic rings. The molecule has 2 rings (SSSR count). The molecule has 0 unspecified atom stereocenters. The van der Waals surface area contributed by atoms with E-state index in [1.165, 1.54) is 6.07 Å². The van der Waals surface area contributed by atoms with Crippen LogP contribution in [0.25, 0.3) is 0 Å². The Hall–Kier alpha value is -1.78. The summed E-state index contributed by atoms with van der Waals surface area (Å²) >= 11 is 0. The molecule has 16 heavy (non-hydrogen) atoms. The molecule has 0 fully saturated rings. The van der Waals surface area contributed by atoms with Gasteiger partial charge in [0.15, 0.2) is 0 Å². The summed E-state index contributed by atoms with van der Waals surface area (Å²) in [6, 6.07) is 1.51. The average Bonchev–Trinajstić information content (AvgIpc) is 2.70. The van der Waals surface area contributed by atoms with Crippen molar-refractivity contribution < 1.29 is 19.1 Å². The van der Waals surface area contributed by atoms with Crippen molar-refractivity contribution in [2.24, 2.45) is 0 Å². The van der Waals surface area contributed by atoms with Crippen LogP contribution >= 0.6 is 0 Å². The number of nitrogens with zero attached hydrogens (tertiary/aromatic N) is 1. The molecule has 0 aromatic carbocycles. The number of fused-ring (bicyclic) bond motifs is 1. The molecule has 1 aromatic heterocycles. The normalized spacial score (nSPS) is 14.7. The molecule has 0 atom stereocenters. The highest BCUT2D eigenvalue weighted by molar-refractivity contribution is 5.85. The predicted molar refractivity (Wildman–Crippen MR) is 55.1 cm³/mol. The van der Waals surface area contributed by atoms with Gasteiger partial charge in [0.05, 0.1) is 0 Å². The van der Waals surface area contributed by atoms with Crippen LogP contribution in [0, 0.1) is 0 Å². The zero-order valence-electron chi connectivity index (χ0n) is 9.02. The van der Waals surface area contributed by atoms with Gasteiger partial charge in [-0.1, -0.05) is 6.92 Å². The number of amides is 1. The number of aromatic carboxylic acids is 1. The van der Waals surface area contributed by atoms with Crippen molar-refractivity contribution in [3.05, 3.63) is 23.2 Å². The van der Waals surface area contributed by atoms with Gasteiger partial charge in [0.1, 0.15) is 5.76 Å². The van der Waals surface area contributed by atoms with E-state index >= 15 is 0 Å². The summed E-state index contributed by atoms with van der Waals surface area (Å²) in [7, 11) is 0. The molecule has 5 heteroatoms. The van der Waals surface area contributed by atoms with Gasteiger partial charge in [-0.25, -0.2) is 4.79 Å². The zero-order chi connectivity index (χ0) is 11.7. The fourth-order valence-corrected chi connectivity index (χ4v) is 1.87. The van der Waals surface area contributed by atoms with Crippen LogP contribution in [0.5, 0.6) is 0 Å². The van der Waals surface area contributed by atoms with E-state index < -0.39 is 5.97 Å². The highest BCUT2D eigenvalue weighted by Crippen LogP contribution is 2.23. The average molecular weight is 223 g/mol. The standard InChI is InChI=1S/C11H13NO4/c1-2-10(13)12-4-3-8-7(6-12)5-9(16-8)11(14)15/h5H,2-4,6H2,1H3,(H,14,15). The molecular weight excluding hydrogens is 210 g/mol. The van der Waals surface area contributed by atoms with Crippen molar-refractivity contribution in [3.63, 3.8) is 0 Å². The summed E-state index contributed by atoms with van der Waals surface area (Å²) < 4.78 is 5.19. The number of carboxylic acids is 1. The number of furan rings is 1. The Morgan fingerprint density at radius 3 is 2.94 bits per heavy atom. The number of carbonyl (C=O) groups excluding carboxylic acids is 1. The van der Waals surface area contributed by atoms with E-state index in [4.69, 9.17) is 9.52 Å². The van der Waals surface area contributed by atoms with Gasteiger partial charge in [-0.05, 0) is 6.07 Å². The number of carbonyl (C=O) groups is 2. The van der Waals surface area contributed by atoms with Crippen LogP contribution in [0.3, 0.4) is 0 Å². The Morgan fingerprint density at radius 1 is 1.56 bits per heavy atom. The molecule has 5 nitrogen and oxygen atoms in total. The summed E-state index contributed by atoms with van der Waals surface area (Å²) in [4.78, 5) is 23.9. The number of carboxylic acid groups (broad SMARTS) is 1. The van der Waals surface area contributed by atoms with Gasteiger partial charge in [0, 0.05) is 31.5 Å². The third-order valence-corrected chi connectivity index (χ3v) is 2.73. The van der Waals surface area contributed by atoms with E-state index in [-0.39, 0.29) is 11.7 Å². The van der Waals surface area contributed by atoms with Gasteiger partial charge in [0.2, 0.25) is 11.7 Å². The Labute approximate surface area is 92.7 Å². The summed E-state index contributed by atoms with van der Waals surface area (Å²) in [5.74, 6) is -0.333. The first-order valence-electron chi connectivity index (χ1n) is 5.24. The topological polar surface area (TPSA) is 70.8 Å². The van der Waals surface area contributed by atoms with Crippen molar-refractivity contribution in [3.8, 4) is 0 Å². The molecule has 0 radical (unpaired) electrons. The van der Waals surface area contributed by atoms with Gasteiger partial charge in [-0.3, -0.25) is 4.79 Å². The zero-order valence-corrected chi connectivity index (χ0v) is 9.02. The monoisotopic (exact) mass is 223 g/mol. The first-order chi connectivity index (χ1) is 7.61. The van der Waals surface area contributed by atoms with Gasteiger partial charge in [-0.15, -0.1) is 0 Å². The molecule has 1 amide bonds. The minimum absolute atomic E-state index is 0.0456. The van der Waals surface area contributed by atoms with Crippen LogP contribution in [0.2, 0.25) is 0 Å². The molecule has 0 saturated heterocycles. The van der Waals surface area contributed by atoms with Crippen molar-refractivity contribution >= 4 is 11.9 Å². The van der Waals surface area contributed by atoms with E-state index in [2.05, 4.69) is 0 Å². The van der Waals surface area contributed by atoms with Crippen LogP contribution in [0.4, 0.5) is 0 Å². The van der Waals surface area contributed by atoms with Crippen LogP contribution in [-0.4, -0.2) is 28.4 Å². The highest BCUT2D eigenvalue weighted by atomic mass is 16.4. The van der Waals surface area contributed by atoms with Crippen LogP contribution < -0.4 is 0 Å². The van der Waals surface area contributed by atoms with Crippen molar-refractivity contribution in [1.82, 2.24) is 4.90 Å². The maximum Gasteiger partial charge on any atom is 0.371 e. The second kappa shape index (κ2) is 4.00. The molecule has 1 aliphatic heterocycles. The molecule has 2 heterocycles. The number of rotatable bonds is 2. The SMILES string of the molecule is CCC(=O)N1CCc2oc(C(=O)O)cc2C1. The minimum Gasteiger partial charge on any atom is -0.475 e. The quantitative estimate of drug-likeness (QED) is 0.819. The molecule has 86 valence electrons. The summed E-state index contributed by atoms with van der Waals surface area (Å²) in [6.45, 7) is 2.88. The van der Waals surface area contributed by atoms with E-state index in [0.717, 1.165) is 5.56 Å². The lowest BCUT2D eigenvalue weighted by Gasteiger charge is -2.25. The Balaban J connectivity index is 2.20. The smallest absolute Gasteiger partial charge is 0.371 e. The fourth-order valence-electron chi connectivity index (χ4n) is 1.87. The molecular formula is C11H13NO4. The summed E-state index contributed by atoms with van der Waals surface area (Å²) in [5, 5.41) is 8.78. The Kier molecular flexibility index (Phi) is 2.68. The van der Waals surface area contributed by atoms with Gasteiger partial charge in [-0.2, -0.15) is 0 Å². The maximum absolute atomic E-state index is 11.5. The second-order valence-corrected chi connectivity index (χ2v) is 3.78. The van der Waals surface area contributed by atoms with E-state index in [1.807, 2.05) is 6.92 Å². The molecule has 1 aromatic rings. The molecule has 0 spiro atoms. The first kappa shape index (κ1) is 10.7. The first-order valence-corrected chi connectivity index (χ1v) is 5.24. The summed E-state index contributed by atoms with van der Waals surface area (Å²) in [5.41, 5.74) is 0.811. The molecule has 0 bridgehead atoms. The Bertz CT molecular complexity index is 435. The van der Waals surface area contributed by atoms with Gasteiger partial charge < -0.3 is 14.4 Å². The van der Waals surface area contributed by atoms with Crippen molar-refractivity contribution in [2.45, 2.75) is 26.3 Å². The predicted octanol–water partition coefficient (Wildman–Crippen LogP) is 1.27. The minimum atomic E-state index is -1.07. The fraction of sp³-hybridized carbons (Fsp3) is 0.455. The highest BCUT2D eigenvalue weighted by Gasteiger charge is 2.24. The molecule has 0 saturated carbocycles. The summed E-state index contributed by atoms with van der Waals surface area (Å²) in [6.07, 6.45) is 1.06. The lowest BCUT2D eigenvalue weighted by Crippen LogP contribution is -2.34. The second-order valence-electron chi connectivity index (χ2n) is 3.78. The van der Waals surface area contributed by atoms with Crippen LogP contribution in [-0.2, 0) is 17.8 Å². The maximum atomic E-state index is 11.5. The van der Waals surface area contributed by atoms with Crippen molar-refractivity contribution in [2.75, 3.05) is 6.54 Å². The van der Waals surface area contributed by atoms with E-state index in [0.29, 0.717) is 31.7 Å². The lowest BCUT2D eigenvalue weighted by molar-refractivity contribution is -0.131. The van der Waals surface area contributed by atoms with Crippen molar-refractivity contribution in [1.29, 1.82) is 0 Å². The largest absolute Gasteiger partial charge is 0.475 e. The van der Waals surface area contributed by atoms with E-state index in [1.54, 1.807) is 4.90 Å². The van der Waals surface area contributed by atoms with Crippen LogP contribution in [0.1, 0.15) is 35.2 Å². The van der Waals surface area contributed by atoms with Gasteiger partial charge >= 0.3 is 5.97 Å².